The van der Waals surface area contributed by atoms with Gasteiger partial charge < -0.3 is 0 Å². The molecule has 1 aromatic heterocycles. The van der Waals surface area contributed by atoms with Crippen LogP contribution in [0.25, 0.3) is 0 Å². The SMILES string of the molecule is FCc1ccnc(F)c1F. The van der Waals surface area contributed by atoms with Gasteiger partial charge in [-0.25, -0.2) is 13.8 Å². The largest absolute Gasteiger partial charge is 0.249 e. The fraction of sp³-hybridized carbons (Fsp3) is 0.167. The zero-order chi connectivity index (χ0) is 7.56. The number of pyridine rings is 1. The number of halogens is 3. The Morgan fingerprint density at radius 3 is 2.60 bits per heavy atom. The van der Waals surface area contributed by atoms with E-state index < -0.39 is 18.4 Å². The van der Waals surface area contributed by atoms with Crippen LogP contribution in [0.3, 0.4) is 0 Å². The van der Waals surface area contributed by atoms with Crippen molar-refractivity contribution in [2.75, 3.05) is 0 Å². The second-order valence-electron chi connectivity index (χ2n) is 1.71. The first-order valence-corrected chi connectivity index (χ1v) is 2.60. The van der Waals surface area contributed by atoms with Gasteiger partial charge in [0.15, 0.2) is 5.82 Å². The first-order chi connectivity index (χ1) is 4.75. The van der Waals surface area contributed by atoms with Crippen molar-refractivity contribution < 1.29 is 13.2 Å². The molecule has 0 N–H and O–H groups in total. The molecule has 4 heteroatoms. The summed E-state index contributed by atoms with van der Waals surface area (Å²) in [5.41, 5.74) is -0.299. The molecule has 0 spiro atoms. The van der Waals surface area contributed by atoms with Crippen molar-refractivity contribution in [3.05, 3.63) is 29.6 Å². The number of aromatic nitrogens is 1. The molecule has 0 radical (unpaired) electrons. The summed E-state index contributed by atoms with van der Waals surface area (Å²) in [5.74, 6) is -2.46. The minimum atomic E-state index is -1.25. The van der Waals surface area contributed by atoms with Crippen molar-refractivity contribution in [2.45, 2.75) is 6.67 Å². The van der Waals surface area contributed by atoms with Crippen LogP contribution in [0, 0.1) is 11.8 Å². The van der Waals surface area contributed by atoms with Gasteiger partial charge in [-0.1, -0.05) is 0 Å². The normalized spacial score (nSPS) is 9.90. The first-order valence-electron chi connectivity index (χ1n) is 2.60. The third-order valence-electron chi connectivity index (χ3n) is 1.07. The Kier molecular flexibility index (Phi) is 1.89. The summed E-state index contributed by atoms with van der Waals surface area (Å²) in [6, 6.07) is 1.10. The molecule has 54 valence electrons. The lowest BCUT2D eigenvalue weighted by atomic mass is 10.3. The lowest BCUT2D eigenvalue weighted by molar-refractivity contribution is 0.428. The molecular formula is C6H4F3N. The number of nitrogens with zero attached hydrogens (tertiary/aromatic N) is 1. The van der Waals surface area contributed by atoms with E-state index in [4.69, 9.17) is 0 Å². The van der Waals surface area contributed by atoms with Crippen molar-refractivity contribution in [3.63, 3.8) is 0 Å². The standard InChI is InChI=1S/C6H4F3N/c7-3-4-1-2-10-6(9)5(4)8/h1-2H,3H2. The maximum absolute atomic E-state index is 12.3. The Balaban J connectivity index is 3.14. The van der Waals surface area contributed by atoms with E-state index in [2.05, 4.69) is 4.98 Å². The van der Waals surface area contributed by atoms with E-state index in [1.165, 1.54) is 0 Å². The topological polar surface area (TPSA) is 12.9 Å². The van der Waals surface area contributed by atoms with Gasteiger partial charge in [0.25, 0.3) is 0 Å². The van der Waals surface area contributed by atoms with Gasteiger partial charge in [-0.05, 0) is 6.07 Å². The van der Waals surface area contributed by atoms with Crippen molar-refractivity contribution in [1.29, 1.82) is 0 Å². The summed E-state index contributed by atoms with van der Waals surface area (Å²) in [6.07, 6.45) is 1.02. The van der Waals surface area contributed by atoms with Gasteiger partial charge in [0, 0.05) is 11.8 Å². The summed E-state index contributed by atoms with van der Waals surface area (Å²) in [5, 5.41) is 0. The molecule has 0 aliphatic carbocycles. The van der Waals surface area contributed by atoms with Crippen molar-refractivity contribution in [1.82, 2.24) is 4.98 Å². The van der Waals surface area contributed by atoms with E-state index >= 15 is 0 Å². The van der Waals surface area contributed by atoms with E-state index in [0.29, 0.717) is 0 Å². The predicted molar refractivity (Wildman–Crippen MR) is 29.0 cm³/mol. The number of hydrogen-bond donors (Lipinski definition) is 0. The second kappa shape index (κ2) is 2.68. The van der Waals surface area contributed by atoms with E-state index in [1.807, 2.05) is 0 Å². The minimum absolute atomic E-state index is 0.299. The number of alkyl halides is 1. The molecule has 0 aliphatic heterocycles. The maximum atomic E-state index is 12.3. The van der Waals surface area contributed by atoms with Crippen LogP contribution in [0.5, 0.6) is 0 Å². The molecule has 0 unspecified atom stereocenters. The van der Waals surface area contributed by atoms with Crippen LogP contribution in [-0.2, 0) is 6.67 Å². The third kappa shape index (κ3) is 1.10. The molecule has 0 bridgehead atoms. The lowest BCUT2D eigenvalue weighted by Crippen LogP contribution is -1.93. The zero-order valence-corrected chi connectivity index (χ0v) is 4.94. The van der Waals surface area contributed by atoms with Crippen LogP contribution >= 0.6 is 0 Å². The average Bonchev–Trinajstić information content (AvgIpc) is 1.95. The fourth-order valence-electron chi connectivity index (χ4n) is 0.558. The molecule has 0 amide bonds. The van der Waals surface area contributed by atoms with Crippen LogP contribution in [0.15, 0.2) is 12.3 Å². The Labute approximate surface area is 55.5 Å². The van der Waals surface area contributed by atoms with Gasteiger partial charge in [0.1, 0.15) is 6.67 Å². The van der Waals surface area contributed by atoms with Crippen molar-refractivity contribution >= 4 is 0 Å². The van der Waals surface area contributed by atoms with E-state index in [0.717, 1.165) is 12.3 Å². The average molecular weight is 147 g/mol. The molecule has 0 saturated heterocycles. The summed E-state index contributed by atoms with van der Waals surface area (Å²) in [7, 11) is 0. The Morgan fingerprint density at radius 1 is 1.40 bits per heavy atom. The van der Waals surface area contributed by atoms with Crippen LogP contribution in [-0.4, -0.2) is 4.98 Å². The molecule has 1 heterocycles. The van der Waals surface area contributed by atoms with Gasteiger partial charge in [0.05, 0.1) is 0 Å². The van der Waals surface area contributed by atoms with Gasteiger partial charge in [0.2, 0.25) is 5.95 Å². The molecule has 1 rings (SSSR count). The van der Waals surface area contributed by atoms with Crippen LogP contribution in [0.2, 0.25) is 0 Å². The predicted octanol–water partition coefficient (Wildman–Crippen LogP) is 1.83. The number of rotatable bonds is 1. The van der Waals surface area contributed by atoms with E-state index in [-0.39, 0.29) is 5.56 Å². The van der Waals surface area contributed by atoms with Gasteiger partial charge in [-0.2, -0.15) is 4.39 Å². The molecular weight excluding hydrogens is 143 g/mol. The van der Waals surface area contributed by atoms with E-state index in [1.54, 1.807) is 0 Å². The Hall–Kier alpha value is -1.06. The quantitative estimate of drug-likeness (QED) is 0.552. The Morgan fingerprint density at radius 2 is 2.10 bits per heavy atom. The maximum Gasteiger partial charge on any atom is 0.249 e. The highest BCUT2D eigenvalue weighted by atomic mass is 19.2. The van der Waals surface area contributed by atoms with Crippen molar-refractivity contribution in [2.24, 2.45) is 0 Å². The van der Waals surface area contributed by atoms with Gasteiger partial charge in [-0.3, -0.25) is 0 Å². The molecule has 0 atom stereocenters. The summed E-state index contributed by atoms with van der Waals surface area (Å²) in [4.78, 5) is 2.98. The zero-order valence-electron chi connectivity index (χ0n) is 4.94. The second-order valence-corrected chi connectivity index (χ2v) is 1.71. The van der Waals surface area contributed by atoms with Gasteiger partial charge >= 0.3 is 0 Å². The summed E-state index contributed by atoms with van der Waals surface area (Å²) >= 11 is 0. The number of hydrogen-bond acceptors (Lipinski definition) is 1. The van der Waals surface area contributed by atoms with Gasteiger partial charge in [-0.15, -0.1) is 0 Å². The highest BCUT2D eigenvalue weighted by Crippen LogP contribution is 2.09. The minimum Gasteiger partial charge on any atom is -0.246 e. The molecule has 0 aromatic carbocycles. The highest BCUT2D eigenvalue weighted by Gasteiger charge is 2.06. The highest BCUT2D eigenvalue weighted by molar-refractivity contribution is 5.12. The van der Waals surface area contributed by atoms with Crippen LogP contribution in [0.1, 0.15) is 5.56 Å². The molecule has 0 saturated carbocycles. The van der Waals surface area contributed by atoms with Crippen LogP contribution in [0.4, 0.5) is 13.2 Å². The fourth-order valence-corrected chi connectivity index (χ4v) is 0.558. The molecule has 0 aliphatic rings. The molecule has 1 aromatic rings. The van der Waals surface area contributed by atoms with Crippen molar-refractivity contribution in [3.8, 4) is 0 Å². The van der Waals surface area contributed by atoms with E-state index in [9.17, 15) is 13.2 Å². The van der Waals surface area contributed by atoms with Crippen LogP contribution < -0.4 is 0 Å². The Bertz CT molecular complexity index is 236. The smallest absolute Gasteiger partial charge is 0.246 e. The summed E-state index contributed by atoms with van der Waals surface area (Å²) in [6.45, 7) is -1.01. The summed E-state index contributed by atoms with van der Waals surface area (Å²) < 4.78 is 36.2. The molecule has 1 nitrogen and oxygen atoms in total. The third-order valence-corrected chi connectivity index (χ3v) is 1.07. The molecule has 10 heavy (non-hydrogen) atoms. The lowest BCUT2D eigenvalue weighted by Gasteiger charge is -1.94. The first kappa shape index (κ1) is 7.05. The monoisotopic (exact) mass is 147 g/mol. The molecule has 0 fully saturated rings.